The summed E-state index contributed by atoms with van der Waals surface area (Å²) in [5, 5.41) is 0. The molecule has 19 heavy (non-hydrogen) atoms. The molecule has 0 heterocycles. The normalized spacial score (nSPS) is 12.4. The summed E-state index contributed by atoms with van der Waals surface area (Å²) in [7, 11) is 0. The zero-order chi connectivity index (χ0) is 13.8. The first kappa shape index (κ1) is 14.1. The smallest absolute Gasteiger partial charge is 0.127 e. The van der Waals surface area contributed by atoms with E-state index in [1.807, 2.05) is 25.1 Å². The molecule has 2 N–H and O–H groups in total. The third-order valence-electron chi connectivity index (χ3n) is 2.92. The highest BCUT2D eigenvalue weighted by molar-refractivity contribution is 7.99. The molecule has 0 aliphatic rings. The lowest BCUT2D eigenvalue weighted by Gasteiger charge is -2.13. The van der Waals surface area contributed by atoms with Gasteiger partial charge in [0.15, 0.2) is 0 Å². The van der Waals surface area contributed by atoms with Crippen molar-refractivity contribution in [2.45, 2.75) is 36.1 Å². The van der Waals surface area contributed by atoms with E-state index in [1.54, 1.807) is 17.8 Å². The van der Waals surface area contributed by atoms with Crippen LogP contribution in [-0.4, -0.2) is 6.04 Å². The Bertz CT molecular complexity index is 566. The third kappa shape index (κ3) is 3.58. The molecule has 2 aromatic carbocycles. The number of hydrogen-bond acceptors (Lipinski definition) is 2. The van der Waals surface area contributed by atoms with E-state index in [-0.39, 0.29) is 11.9 Å². The van der Waals surface area contributed by atoms with Crippen molar-refractivity contribution in [1.82, 2.24) is 0 Å². The second-order valence-electron chi connectivity index (χ2n) is 4.77. The minimum Gasteiger partial charge on any atom is -0.328 e. The summed E-state index contributed by atoms with van der Waals surface area (Å²) >= 11 is 1.60. The summed E-state index contributed by atoms with van der Waals surface area (Å²) in [4.78, 5) is 2.10. The standard InChI is InChI=1S/C16H18FNS/c1-11-6-3-4-8-15(11)19-16-9-5-7-14(17)13(16)10-12(2)18/h3-9,12H,10,18H2,1-2H3. The number of nitrogens with two attached hydrogens (primary N) is 1. The summed E-state index contributed by atoms with van der Waals surface area (Å²) in [6.07, 6.45) is 0.556. The van der Waals surface area contributed by atoms with Gasteiger partial charge >= 0.3 is 0 Å². The monoisotopic (exact) mass is 275 g/mol. The summed E-state index contributed by atoms with van der Waals surface area (Å²) in [5.74, 6) is -0.170. The number of aryl methyl sites for hydroxylation is 1. The second-order valence-corrected chi connectivity index (χ2v) is 5.85. The Morgan fingerprint density at radius 3 is 2.47 bits per heavy atom. The molecule has 0 radical (unpaired) electrons. The van der Waals surface area contributed by atoms with Crippen LogP contribution in [0.1, 0.15) is 18.1 Å². The predicted octanol–water partition coefficient (Wildman–Crippen LogP) is 4.18. The largest absolute Gasteiger partial charge is 0.328 e. The van der Waals surface area contributed by atoms with Crippen molar-refractivity contribution in [3.8, 4) is 0 Å². The fraction of sp³-hybridized carbons (Fsp3) is 0.250. The first-order valence-electron chi connectivity index (χ1n) is 6.34. The van der Waals surface area contributed by atoms with Crippen molar-refractivity contribution in [1.29, 1.82) is 0 Å². The maximum atomic E-state index is 13.9. The fourth-order valence-corrected chi connectivity index (χ4v) is 3.01. The molecule has 0 saturated heterocycles. The van der Waals surface area contributed by atoms with Crippen LogP contribution in [0, 0.1) is 12.7 Å². The van der Waals surface area contributed by atoms with Crippen LogP contribution < -0.4 is 5.73 Å². The average Bonchev–Trinajstić information content (AvgIpc) is 2.36. The molecular weight excluding hydrogens is 257 g/mol. The van der Waals surface area contributed by atoms with Gasteiger partial charge in [0.05, 0.1) is 0 Å². The molecule has 0 aliphatic carbocycles. The van der Waals surface area contributed by atoms with E-state index in [0.29, 0.717) is 12.0 Å². The number of hydrogen-bond donors (Lipinski definition) is 1. The second kappa shape index (κ2) is 6.22. The van der Waals surface area contributed by atoms with E-state index in [1.165, 1.54) is 11.6 Å². The molecular formula is C16H18FNS. The minimum atomic E-state index is -0.170. The van der Waals surface area contributed by atoms with Crippen LogP contribution in [0.25, 0.3) is 0 Å². The Morgan fingerprint density at radius 1 is 1.11 bits per heavy atom. The van der Waals surface area contributed by atoms with Crippen LogP contribution in [0.3, 0.4) is 0 Å². The van der Waals surface area contributed by atoms with Gasteiger partial charge in [0, 0.05) is 21.4 Å². The van der Waals surface area contributed by atoms with Gasteiger partial charge in [0.25, 0.3) is 0 Å². The van der Waals surface area contributed by atoms with Gasteiger partial charge < -0.3 is 5.73 Å². The summed E-state index contributed by atoms with van der Waals surface area (Å²) < 4.78 is 13.9. The highest BCUT2D eigenvalue weighted by Gasteiger charge is 2.12. The molecule has 2 rings (SSSR count). The lowest BCUT2D eigenvalue weighted by Crippen LogP contribution is -2.19. The van der Waals surface area contributed by atoms with Crippen molar-refractivity contribution in [3.05, 3.63) is 59.4 Å². The van der Waals surface area contributed by atoms with Gasteiger partial charge in [0.1, 0.15) is 5.82 Å². The van der Waals surface area contributed by atoms with Crippen LogP contribution in [0.5, 0.6) is 0 Å². The zero-order valence-corrected chi connectivity index (χ0v) is 12.0. The van der Waals surface area contributed by atoms with Crippen molar-refractivity contribution in [2.24, 2.45) is 5.73 Å². The van der Waals surface area contributed by atoms with Crippen molar-refractivity contribution in [2.75, 3.05) is 0 Å². The van der Waals surface area contributed by atoms with E-state index >= 15 is 0 Å². The van der Waals surface area contributed by atoms with E-state index in [4.69, 9.17) is 5.73 Å². The maximum absolute atomic E-state index is 13.9. The summed E-state index contributed by atoms with van der Waals surface area (Å²) in [6, 6.07) is 13.3. The van der Waals surface area contributed by atoms with Crippen molar-refractivity contribution < 1.29 is 4.39 Å². The molecule has 0 aliphatic heterocycles. The molecule has 0 fully saturated rings. The molecule has 0 amide bonds. The molecule has 1 unspecified atom stereocenters. The van der Waals surface area contributed by atoms with E-state index in [9.17, 15) is 4.39 Å². The SMILES string of the molecule is Cc1ccccc1Sc1cccc(F)c1CC(C)N. The highest BCUT2D eigenvalue weighted by Crippen LogP contribution is 2.33. The van der Waals surface area contributed by atoms with Gasteiger partial charge in [-0.3, -0.25) is 0 Å². The first-order chi connectivity index (χ1) is 9.08. The summed E-state index contributed by atoms with van der Waals surface area (Å²) in [6.45, 7) is 3.96. The Hall–Kier alpha value is -1.32. The maximum Gasteiger partial charge on any atom is 0.127 e. The van der Waals surface area contributed by atoms with E-state index in [0.717, 1.165) is 9.79 Å². The molecule has 0 bridgehead atoms. The Labute approximate surface area is 118 Å². The average molecular weight is 275 g/mol. The number of benzene rings is 2. The van der Waals surface area contributed by atoms with Crippen LogP contribution in [0.15, 0.2) is 52.3 Å². The Kier molecular flexibility index (Phi) is 4.61. The van der Waals surface area contributed by atoms with Crippen LogP contribution >= 0.6 is 11.8 Å². The molecule has 0 aromatic heterocycles. The van der Waals surface area contributed by atoms with Crippen molar-refractivity contribution in [3.63, 3.8) is 0 Å². The van der Waals surface area contributed by atoms with Crippen LogP contribution in [-0.2, 0) is 6.42 Å². The quantitative estimate of drug-likeness (QED) is 0.906. The van der Waals surface area contributed by atoms with Gasteiger partial charge in [-0.1, -0.05) is 36.0 Å². The fourth-order valence-electron chi connectivity index (χ4n) is 1.94. The van der Waals surface area contributed by atoms with Gasteiger partial charge in [0.2, 0.25) is 0 Å². The lowest BCUT2D eigenvalue weighted by molar-refractivity contribution is 0.588. The third-order valence-corrected chi connectivity index (χ3v) is 4.20. The van der Waals surface area contributed by atoms with Gasteiger partial charge in [-0.2, -0.15) is 0 Å². The van der Waals surface area contributed by atoms with E-state index < -0.39 is 0 Å². The van der Waals surface area contributed by atoms with E-state index in [2.05, 4.69) is 19.1 Å². The summed E-state index contributed by atoms with van der Waals surface area (Å²) in [5.41, 5.74) is 7.72. The Morgan fingerprint density at radius 2 is 1.79 bits per heavy atom. The van der Waals surface area contributed by atoms with Crippen molar-refractivity contribution >= 4 is 11.8 Å². The zero-order valence-electron chi connectivity index (χ0n) is 11.2. The van der Waals surface area contributed by atoms with Gasteiger partial charge in [-0.05, 0) is 44.0 Å². The first-order valence-corrected chi connectivity index (χ1v) is 7.16. The molecule has 1 atom stereocenters. The van der Waals surface area contributed by atoms with Gasteiger partial charge in [-0.25, -0.2) is 4.39 Å². The van der Waals surface area contributed by atoms with Crippen LogP contribution in [0.2, 0.25) is 0 Å². The molecule has 3 heteroatoms. The molecule has 2 aromatic rings. The molecule has 1 nitrogen and oxygen atoms in total. The lowest BCUT2D eigenvalue weighted by atomic mass is 10.1. The topological polar surface area (TPSA) is 26.0 Å². The minimum absolute atomic E-state index is 0.0480. The molecule has 100 valence electrons. The Balaban J connectivity index is 2.35. The number of rotatable bonds is 4. The number of halogens is 1. The van der Waals surface area contributed by atoms with Crippen LogP contribution in [0.4, 0.5) is 4.39 Å². The van der Waals surface area contributed by atoms with Gasteiger partial charge in [-0.15, -0.1) is 0 Å². The predicted molar refractivity (Wildman–Crippen MR) is 79.1 cm³/mol. The molecule has 0 spiro atoms. The molecule has 0 saturated carbocycles. The highest BCUT2D eigenvalue weighted by atomic mass is 32.2.